The van der Waals surface area contributed by atoms with Gasteiger partial charge in [0, 0.05) is 17.8 Å². The van der Waals surface area contributed by atoms with Crippen LogP contribution in [0.2, 0.25) is 0 Å². The first-order valence-electron chi connectivity index (χ1n) is 7.56. The minimum absolute atomic E-state index is 0.542. The van der Waals surface area contributed by atoms with E-state index in [9.17, 15) is 0 Å². The molecular weight excluding hydrogens is 250 g/mol. The quantitative estimate of drug-likeness (QED) is 0.892. The number of nitrogens with one attached hydrogen (secondary N) is 1. The molecule has 0 amide bonds. The highest BCUT2D eigenvalue weighted by Gasteiger charge is 2.28. The van der Waals surface area contributed by atoms with Gasteiger partial charge < -0.3 is 14.8 Å². The summed E-state index contributed by atoms with van der Waals surface area (Å²) in [5.41, 5.74) is 2.36. The molecule has 2 atom stereocenters. The van der Waals surface area contributed by atoms with Crippen molar-refractivity contribution in [1.29, 1.82) is 0 Å². The lowest BCUT2D eigenvalue weighted by Gasteiger charge is -2.36. The van der Waals surface area contributed by atoms with Gasteiger partial charge in [-0.2, -0.15) is 0 Å². The van der Waals surface area contributed by atoms with Crippen LogP contribution >= 0.6 is 0 Å². The van der Waals surface area contributed by atoms with Crippen LogP contribution in [0.4, 0.5) is 5.69 Å². The van der Waals surface area contributed by atoms with Gasteiger partial charge in [0.2, 0.25) is 0 Å². The third kappa shape index (κ3) is 3.02. The maximum atomic E-state index is 5.41. The summed E-state index contributed by atoms with van der Waals surface area (Å²) in [5, 5.41) is 3.74. The summed E-state index contributed by atoms with van der Waals surface area (Å²) in [6.45, 7) is 6.81. The molecule has 1 saturated carbocycles. The highest BCUT2D eigenvalue weighted by molar-refractivity contribution is 5.60. The van der Waals surface area contributed by atoms with Crippen molar-refractivity contribution < 1.29 is 9.47 Å². The average Bonchev–Trinajstić information content (AvgIpc) is 2.44. The van der Waals surface area contributed by atoms with Gasteiger partial charge in [-0.3, -0.25) is 0 Å². The van der Waals surface area contributed by atoms with Gasteiger partial charge in [-0.1, -0.05) is 20.3 Å². The Morgan fingerprint density at radius 1 is 1.00 bits per heavy atom. The first kappa shape index (κ1) is 15.0. The summed E-state index contributed by atoms with van der Waals surface area (Å²) < 4.78 is 10.8. The number of hydrogen-bond acceptors (Lipinski definition) is 3. The van der Waals surface area contributed by atoms with Crippen molar-refractivity contribution >= 4 is 5.69 Å². The Labute approximate surface area is 122 Å². The van der Waals surface area contributed by atoms with Gasteiger partial charge in [0.05, 0.1) is 14.2 Å². The summed E-state index contributed by atoms with van der Waals surface area (Å²) in [6, 6.07) is 4.64. The Morgan fingerprint density at radius 3 is 2.10 bits per heavy atom. The van der Waals surface area contributed by atoms with Crippen molar-refractivity contribution in [3.05, 3.63) is 17.7 Å². The van der Waals surface area contributed by atoms with Crippen molar-refractivity contribution in [2.75, 3.05) is 19.5 Å². The molecule has 1 aromatic carbocycles. The van der Waals surface area contributed by atoms with Crippen LogP contribution in [-0.2, 0) is 0 Å². The fraction of sp³-hybridized carbons (Fsp3) is 0.647. The Balaban J connectivity index is 2.24. The molecule has 0 aliphatic heterocycles. The van der Waals surface area contributed by atoms with Crippen LogP contribution in [0.1, 0.15) is 38.7 Å². The van der Waals surface area contributed by atoms with Crippen LogP contribution < -0.4 is 14.8 Å². The zero-order valence-electron chi connectivity index (χ0n) is 13.3. The molecule has 2 unspecified atom stereocenters. The van der Waals surface area contributed by atoms with Crippen LogP contribution in [0.3, 0.4) is 0 Å². The first-order valence-corrected chi connectivity index (χ1v) is 7.56. The Kier molecular flexibility index (Phi) is 4.79. The predicted molar refractivity (Wildman–Crippen MR) is 83.9 cm³/mol. The number of benzene rings is 1. The molecule has 112 valence electrons. The highest BCUT2D eigenvalue weighted by atomic mass is 16.5. The summed E-state index contributed by atoms with van der Waals surface area (Å²) >= 11 is 0. The van der Waals surface area contributed by atoms with Crippen molar-refractivity contribution in [2.45, 2.75) is 46.1 Å². The van der Waals surface area contributed by atoms with E-state index in [-0.39, 0.29) is 0 Å². The second kappa shape index (κ2) is 6.38. The zero-order chi connectivity index (χ0) is 14.7. The van der Waals surface area contributed by atoms with Crippen molar-refractivity contribution in [1.82, 2.24) is 0 Å². The molecule has 0 heterocycles. The van der Waals surface area contributed by atoms with Crippen LogP contribution in [0.5, 0.6) is 11.5 Å². The van der Waals surface area contributed by atoms with Gasteiger partial charge in [0.1, 0.15) is 0 Å². The van der Waals surface area contributed by atoms with Crippen LogP contribution in [-0.4, -0.2) is 20.3 Å². The fourth-order valence-corrected chi connectivity index (χ4v) is 3.28. The van der Waals surface area contributed by atoms with Crippen molar-refractivity contribution in [3.63, 3.8) is 0 Å². The van der Waals surface area contributed by atoms with E-state index in [1.54, 1.807) is 14.2 Å². The van der Waals surface area contributed by atoms with Gasteiger partial charge in [-0.05, 0) is 43.2 Å². The number of ether oxygens (including phenoxy) is 2. The highest BCUT2D eigenvalue weighted by Crippen LogP contribution is 2.36. The molecule has 0 radical (unpaired) electrons. The Morgan fingerprint density at radius 2 is 1.55 bits per heavy atom. The van der Waals surface area contributed by atoms with Crippen LogP contribution in [0, 0.1) is 18.8 Å². The number of methoxy groups -OCH3 is 2. The minimum atomic E-state index is 0.542. The van der Waals surface area contributed by atoms with Gasteiger partial charge >= 0.3 is 0 Å². The smallest absolute Gasteiger partial charge is 0.162 e. The lowest BCUT2D eigenvalue weighted by Crippen LogP contribution is -2.37. The van der Waals surface area contributed by atoms with E-state index in [2.05, 4.69) is 32.2 Å². The summed E-state index contributed by atoms with van der Waals surface area (Å²) in [6.07, 6.45) is 3.98. The third-order valence-corrected chi connectivity index (χ3v) is 4.60. The summed E-state index contributed by atoms with van der Waals surface area (Å²) in [5.74, 6) is 3.01. The molecule has 3 nitrogen and oxygen atoms in total. The fourth-order valence-electron chi connectivity index (χ4n) is 3.28. The second-order valence-corrected chi connectivity index (χ2v) is 6.08. The molecule has 0 aromatic heterocycles. The lowest BCUT2D eigenvalue weighted by molar-refractivity contribution is 0.268. The maximum Gasteiger partial charge on any atom is 0.162 e. The SMILES string of the molecule is COc1cc(C)c(NC2C(C)CCCC2C)cc1OC. The van der Waals surface area contributed by atoms with E-state index in [0.717, 1.165) is 17.2 Å². The number of rotatable bonds is 4. The number of anilines is 1. The van der Waals surface area contributed by atoms with Crippen LogP contribution in [0.25, 0.3) is 0 Å². The van der Waals surface area contributed by atoms with Crippen molar-refractivity contribution in [3.8, 4) is 11.5 Å². The number of aryl methyl sites for hydroxylation is 1. The summed E-state index contributed by atoms with van der Waals surface area (Å²) in [4.78, 5) is 0. The second-order valence-electron chi connectivity index (χ2n) is 6.08. The molecule has 0 saturated heterocycles. The van der Waals surface area contributed by atoms with E-state index in [0.29, 0.717) is 17.9 Å². The topological polar surface area (TPSA) is 30.5 Å². The Hall–Kier alpha value is -1.38. The molecular formula is C17H27NO2. The van der Waals surface area contributed by atoms with Crippen LogP contribution in [0.15, 0.2) is 12.1 Å². The molecule has 1 N–H and O–H groups in total. The molecule has 0 bridgehead atoms. The molecule has 2 rings (SSSR count). The summed E-state index contributed by atoms with van der Waals surface area (Å²) in [7, 11) is 3.36. The van der Waals surface area contributed by atoms with E-state index < -0.39 is 0 Å². The monoisotopic (exact) mass is 277 g/mol. The largest absolute Gasteiger partial charge is 0.493 e. The van der Waals surface area contributed by atoms with E-state index in [1.807, 2.05) is 6.07 Å². The molecule has 3 heteroatoms. The maximum absolute atomic E-state index is 5.41. The molecule has 1 aromatic rings. The molecule has 1 aliphatic rings. The standard InChI is InChI=1S/C17H27NO2/c1-11-7-6-8-12(2)17(11)18-14-10-16(20-5)15(19-4)9-13(14)3/h9-12,17-18H,6-8H2,1-5H3. The van der Waals surface area contributed by atoms with E-state index >= 15 is 0 Å². The third-order valence-electron chi connectivity index (χ3n) is 4.60. The normalized spacial score (nSPS) is 26.1. The number of hydrogen-bond donors (Lipinski definition) is 1. The molecule has 20 heavy (non-hydrogen) atoms. The van der Waals surface area contributed by atoms with Gasteiger partial charge in [0.25, 0.3) is 0 Å². The van der Waals surface area contributed by atoms with Crippen molar-refractivity contribution in [2.24, 2.45) is 11.8 Å². The molecule has 1 fully saturated rings. The zero-order valence-corrected chi connectivity index (χ0v) is 13.3. The predicted octanol–water partition coefficient (Wildman–Crippen LogP) is 4.25. The van der Waals surface area contributed by atoms with Gasteiger partial charge in [-0.15, -0.1) is 0 Å². The first-order chi connectivity index (χ1) is 9.56. The van der Waals surface area contributed by atoms with Gasteiger partial charge in [0.15, 0.2) is 11.5 Å². The minimum Gasteiger partial charge on any atom is -0.493 e. The van der Waals surface area contributed by atoms with Gasteiger partial charge in [-0.25, -0.2) is 0 Å². The Bertz CT molecular complexity index is 449. The average molecular weight is 277 g/mol. The molecule has 1 aliphatic carbocycles. The lowest BCUT2D eigenvalue weighted by atomic mass is 9.78. The van der Waals surface area contributed by atoms with E-state index in [4.69, 9.17) is 9.47 Å². The molecule has 0 spiro atoms. The van der Waals surface area contributed by atoms with E-state index in [1.165, 1.54) is 24.8 Å².